The van der Waals surface area contributed by atoms with Crippen LogP contribution in [-0.2, 0) is 4.74 Å². The van der Waals surface area contributed by atoms with Gasteiger partial charge in [0, 0.05) is 10.6 Å². The number of esters is 1. The fraction of sp³-hybridized carbons (Fsp3) is 0.588. The molecule has 20 heavy (non-hydrogen) atoms. The number of carbonyl (C=O) groups excluding carboxylic acids is 1. The van der Waals surface area contributed by atoms with Crippen molar-refractivity contribution in [3.63, 3.8) is 0 Å². The Kier molecular flexibility index (Phi) is 7.75. The maximum absolute atomic E-state index is 11.9. The van der Waals surface area contributed by atoms with E-state index >= 15 is 0 Å². The average Bonchev–Trinajstić information content (AvgIpc) is 2.50. The van der Waals surface area contributed by atoms with Crippen molar-refractivity contribution < 1.29 is 9.53 Å². The molecule has 0 saturated heterocycles. The molecule has 2 atom stereocenters. The summed E-state index contributed by atoms with van der Waals surface area (Å²) in [5.74, 6) is 2.04. The van der Waals surface area contributed by atoms with Gasteiger partial charge in [-0.2, -0.15) is 0 Å². The van der Waals surface area contributed by atoms with Crippen molar-refractivity contribution in [3.05, 3.63) is 29.8 Å². The van der Waals surface area contributed by atoms with E-state index in [1.807, 2.05) is 36.0 Å². The predicted octanol–water partition coefficient (Wildman–Crippen LogP) is 5.03. The van der Waals surface area contributed by atoms with Crippen LogP contribution < -0.4 is 0 Å². The second-order valence-corrected chi connectivity index (χ2v) is 6.55. The summed E-state index contributed by atoms with van der Waals surface area (Å²) in [5.41, 5.74) is 0.640. The highest BCUT2D eigenvalue weighted by atomic mass is 32.2. The largest absolute Gasteiger partial charge is 0.462 e. The van der Waals surface area contributed by atoms with E-state index in [0.717, 1.165) is 18.1 Å². The zero-order chi connectivity index (χ0) is 15.0. The van der Waals surface area contributed by atoms with Gasteiger partial charge in [0.25, 0.3) is 0 Å². The molecule has 0 bridgehead atoms. The Balaban J connectivity index is 2.47. The molecule has 2 unspecified atom stereocenters. The van der Waals surface area contributed by atoms with Crippen LogP contribution in [0.15, 0.2) is 29.2 Å². The molecule has 0 heterocycles. The Morgan fingerprint density at radius 2 is 1.70 bits per heavy atom. The van der Waals surface area contributed by atoms with Gasteiger partial charge in [-0.15, -0.1) is 11.8 Å². The molecule has 3 heteroatoms. The number of carbonyl (C=O) groups is 1. The van der Waals surface area contributed by atoms with Crippen LogP contribution in [0, 0.1) is 11.8 Å². The monoisotopic (exact) mass is 294 g/mol. The first-order valence-electron chi connectivity index (χ1n) is 7.46. The maximum atomic E-state index is 11.9. The second-order valence-electron chi connectivity index (χ2n) is 5.46. The van der Waals surface area contributed by atoms with Gasteiger partial charge in [0.15, 0.2) is 0 Å². The lowest BCUT2D eigenvalue weighted by molar-refractivity contribution is 0.0447. The number of benzene rings is 1. The summed E-state index contributed by atoms with van der Waals surface area (Å²) in [7, 11) is 0. The molecule has 1 aromatic rings. The van der Waals surface area contributed by atoms with Crippen molar-refractivity contribution in [1.29, 1.82) is 0 Å². The summed E-state index contributed by atoms with van der Waals surface area (Å²) in [6.07, 6.45) is 2.23. The van der Waals surface area contributed by atoms with Crippen LogP contribution in [0.25, 0.3) is 0 Å². The highest BCUT2D eigenvalue weighted by molar-refractivity contribution is 7.99. The lowest BCUT2D eigenvalue weighted by Gasteiger charge is -2.10. The first kappa shape index (κ1) is 17.1. The molecular formula is C17H26O2S. The van der Waals surface area contributed by atoms with E-state index in [9.17, 15) is 4.79 Å². The molecule has 0 saturated carbocycles. The van der Waals surface area contributed by atoms with E-state index in [-0.39, 0.29) is 5.97 Å². The SMILES string of the molecule is CCC(C)COC(=O)c1ccc(SCC(C)CC)cc1. The van der Waals surface area contributed by atoms with Crippen molar-refractivity contribution in [2.75, 3.05) is 12.4 Å². The topological polar surface area (TPSA) is 26.3 Å². The van der Waals surface area contributed by atoms with Gasteiger partial charge in [0.2, 0.25) is 0 Å². The summed E-state index contributed by atoms with van der Waals surface area (Å²) in [5, 5.41) is 0. The lowest BCUT2D eigenvalue weighted by atomic mass is 10.1. The van der Waals surface area contributed by atoms with Crippen LogP contribution >= 0.6 is 11.8 Å². The van der Waals surface area contributed by atoms with Crippen molar-refractivity contribution in [3.8, 4) is 0 Å². The van der Waals surface area contributed by atoms with Crippen molar-refractivity contribution in [1.82, 2.24) is 0 Å². The van der Waals surface area contributed by atoms with Gasteiger partial charge in [-0.1, -0.05) is 40.5 Å². The van der Waals surface area contributed by atoms with Crippen molar-refractivity contribution in [2.24, 2.45) is 11.8 Å². The Morgan fingerprint density at radius 3 is 2.25 bits per heavy atom. The lowest BCUT2D eigenvalue weighted by Crippen LogP contribution is -2.11. The van der Waals surface area contributed by atoms with E-state index in [4.69, 9.17) is 4.74 Å². The Labute approximate surface area is 127 Å². The molecule has 0 aliphatic rings. The molecule has 0 amide bonds. The summed E-state index contributed by atoms with van der Waals surface area (Å²) < 4.78 is 5.29. The number of rotatable bonds is 8. The molecule has 2 nitrogen and oxygen atoms in total. The van der Waals surface area contributed by atoms with Gasteiger partial charge in [0.05, 0.1) is 12.2 Å². The first-order chi connectivity index (χ1) is 9.56. The summed E-state index contributed by atoms with van der Waals surface area (Å²) >= 11 is 1.84. The molecule has 1 aromatic carbocycles. The van der Waals surface area contributed by atoms with E-state index < -0.39 is 0 Å². The van der Waals surface area contributed by atoms with Crippen LogP contribution in [-0.4, -0.2) is 18.3 Å². The van der Waals surface area contributed by atoms with E-state index in [0.29, 0.717) is 18.1 Å². The minimum absolute atomic E-state index is 0.219. The average molecular weight is 294 g/mol. The molecule has 0 aromatic heterocycles. The summed E-state index contributed by atoms with van der Waals surface area (Å²) in [4.78, 5) is 13.1. The normalized spacial score (nSPS) is 13.8. The van der Waals surface area contributed by atoms with E-state index in [1.54, 1.807) is 0 Å². The molecule has 112 valence electrons. The third kappa shape index (κ3) is 6.00. The smallest absolute Gasteiger partial charge is 0.338 e. The highest BCUT2D eigenvalue weighted by Crippen LogP contribution is 2.22. The van der Waals surface area contributed by atoms with Crippen LogP contribution in [0.3, 0.4) is 0 Å². The fourth-order valence-electron chi connectivity index (χ4n) is 1.46. The molecule has 0 radical (unpaired) electrons. The van der Waals surface area contributed by atoms with Crippen LogP contribution in [0.1, 0.15) is 50.9 Å². The van der Waals surface area contributed by atoms with Gasteiger partial charge in [-0.25, -0.2) is 4.79 Å². The second kappa shape index (κ2) is 9.06. The molecule has 0 aliphatic heterocycles. The van der Waals surface area contributed by atoms with Crippen molar-refractivity contribution in [2.45, 2.75) is 45.4 Å². The third-order valence-electron chi connectivity index (χ3n) is 3.52. The zero-order valence-corrected chi connectivity index (χ0v) is 13.8. The van der Waals surface area contributed by atoms with Gasteiger partial charge in [-0.3, -0.25) is 0 Å². The molecular weight excluding hydrogens is 268 g/mol. The van der Waals surface area contributed by atoms with Gasteiger partial charge >= 0.3 is 5.97 Å². The number of thioether (sulfide) groups is 1. The predicted molar refractivity (Wildman–Crippen MR) is 86.4 cm³/mol. The number of ether oxygens (including phenoxy) is 1. The highest BCUT2D eigenvalue weighted by Gasteiger charge is 2.09. The Hall–Kier alpha value is -0.960. The minimum atomic E-state index is -0.219. The number of hydrogen-bond donors (Lipinski definition) is 0. The zero-order valence-electron chi connectivity index (χ0n) is 13.0. The Morgan fingerprint density at radius 1 is 1.10 bits per heavy atom. The van der Waals surface area contributed by atoms with Gasteiger partial charge < -0.3 is 4.74 Å². The van der Waals surface area contributed by atoms with Crippen LogP contribution in [0.4, 0.5) is 0 Å². The molecule has 0 aliphatic carbocycles. The van der Waals surface area contributed by atoms with E-state index in [2.05, 4.69) is 27.7 Å². The first-order valence-corrected chi connectivity index (χ1v) is 8.45. The van der Waals surface area contributed by atoms with Gasteiger partial charge in [0.1, 0.15) is 0 Å². The van der Waals surface area contributed by atoms with E-state index in [1.165, 1.54) is 11.3 Å². The number of hydrogen-bond acceptors (Lipinski definition) is 3. The van der Waals surface area contributed by atoms with Crippen molar-refractivity contribution >= 4 is 17.7 Å². The summed E-state index contributed by atoms with van der Waals surface area (Å²) in [6.45, 7) is 9.15. The molecule has 0 fully saturated rings. The molecule has 1 rings (SSSR count). The van der Waals surface area contributed by atoms with Crippen LogP contribution in [0.5, 0.6) is 0 Å². The molecule has 0 spiro atoms. The minimum Gasteiger partial charge on any atom is -0.462 e. The summed E-state index contributed by atoms with van der Waals surface area (Å²) in [6, 6.07) is 7.73. The van der Waals surface area contributed by atoms with Gasteiger partial charge in [-0.05, 0) is 36.1 Å². The maximum Gasteiger partial charge on any atom is 0.338 e. The Bertz CT molecular complexity index is 400. The third-order valence-corrected chi connectivity index (χ3v) is 4.86. The standard InChI is InChI=1S/C17H26O2S/c1-5-13(3)11-19-17(18)15-7-9-16(10-8-15)20-12-14(4)6-2/h7-10,13-14H,5-6,11-12H2,1-4H3. The quantitative estimate of drug-likeness (QED) is 0.497. The molecule has 0 N–H and O–H groups in total. The fourth-order valence-corrected chi connectivity index (χ4v) is 2.50. The van der Waals surface area contributed by atoms with Crippen LogP contribution in [0.2, 0.25) is 0 Å².